The van der Waals surface area contributed by atoms with Crippen LogP contribution in [0.1, 0.15) is 12.5 Å². The Kier molecular flexibility index (Phi) is 5.61. The van der Waals surface area contributed by atoms with Gasteiger partial charge in [0.05, 0.1) is 6.54 Å². The molecule has 2 aromatic rings. The van der Waals surface area contributed by atoms with Gasteiger partial charge in [0.1, 0.15) is 25.6 Å². The van der Waals surface area contributed by atoms with E-state index in [2.05, 4.69) is 23.6 Å². The molecule has 0 saturated heterocycles. The van der Waals surface area contributed by atoms with E-state index in [0.717, 1.165) is 12.2 Å². The monoisotopic (exact) mass is 342 g/mol. The predicted octanol–water partition coefficient (Wildman–Crippen LogP) is 3.22. The summed E-state index contributed by atoms with van der Waals surface area (Å²) in [6.45, 7) is 3.97. The van der Waals surface area contributed by atoms with Gasteiger partial charge in [0, 0.05) is 11.8 Å². The largest absolute Gasteiger partial charge is 0.492 e. The van der Waals surface area contributed by atoms with Gasteiger partial charge >= 0.3 is 6.03 Å². The SMILES string of the molecule is CCc1cccc(OCCNC(=O)Nc2ccc3c(c2)OCCO3)c1. The van der Waals surface area contributed by atoms with E-state index in [1.807, 2.05) is 18.2 Å². The molecule has 2 aromatic carbocycles. The van der Waals surface area contributed by atoms with Gasteiger partial charge < -0.3 is 24.8 Å². The van der Waals surface area contributed by atoms with E-state index < -0.39 is 0 Å². The van der Waals surface area contributed by atoms with E-state index >= 15 is 0 Å². The van der Waals surface area contributed by atoms with Crippen LogP contribution in [0.15, 0.2) is 42.5 Å². The predicted molar refractivity (Wildman–Crippen MR) is 95.8 cm³/mol. The molecule has 1 aliphatic heterocycles. The Morgan fingerprint density at radius 1 is 1.12 bits per heavy atom. The first-order chi connectivity index (χ1) is 12.2. The number of carbonyl (C=O) groups is 1. The second kappa shape index (κ2) is 8.28. The number of hydrogen-bond acceptors (Lipinski definition) is 4. The maximum Gasteiger partial charge on any atom is 0.319 e. The Hall–Kier alpha value is -2.89. The normalized spacial score (nSPS) is 12.4. The number of fused-ring (bicyclic) bond motifs is 1. The Bertz CT molecular complexity index is 733. The van der Waals surface area contributed by atoms with Crippen molar-refractivity contribution in [1.29, 1.82) is 0 Å². The molecule has 6 nitrogen and oxygen atoms in total. The maximum atomic E-state index is 11.9. The zero-order chi connectivity index (χ0) is 17.5. The standard InChI is InChI=1S/C19H22N2O4/c1-2-14-4-3-5-16(12-14)23-9-8-20-19(22)21-15-6-7-17-18(13-15)25-11-10-24-17/h3-7,12-13H,2,8-11H2,1H3,(H2,20,21,22). The van der Waals surface area contributed by atoms with E-state index in [4.69, 9.17) is 14.2 Å². The van der Waals surface area contributed by atoms with Crippen molar-refractivity contribution < 1.29 is 19.0 Å². The van der Waals surface area contributed by atoms with Gasteiger partial charge in [0.15, 0.2) is 11.5 Å². The van der Waals surface area contributed by atoms with E-state index in [0.29, 0.717) is 43.6 Å². The molecular formula is C19H22N2O4. The number of anilines is 1. The Labute approximate surface area is 147 Å². The van der Waals surface area contributed by atoms with E-state index in [-0.39, 0.29) is 6.03 Å². The minimum Gasteiger partial charge on any atom is -0.492 e. The smallest absolute Gasteiger partial charge is 0.319 e. The Morgan fingerprint density at radius 2 is 1.96 bits per heavy atom. The summed E-state index contributed by atoms with van der Waals surface area (Å²) in [5.41, 5.74) is 1.88. The highest BCUT2D eigenvalue weighted by Crippen LogP contribution is 2.32. The molecule has 2 N–H and O–H groups in total. The lowest BCUT2D eigenvalue weighted by atomic mass is 10.2. The van der Waals surface area contributed by atoms with Crippen LogP contribution >= 0.6 is 0 Å². The number of carbonyl (C=O) groups excluding carboxylic acids is 1. The van der Waals surface area contributed by atoms with Crippen molar-refractivity contribution in [2.75, 3.05) is 31.7 Å². The topological polar surface area (TPSA) is 68.8 Å². The highest BCUT2D eigenvalue weighted by atomic mass is 16.6. The molecule has 3 rings (SSSR count). The lowest BCUT2D eigenvalue weighted by Gasteiger charge is -2.19. The number of rotatable bonds is 6. The summed E-state index contributed by atoms with van der Waals surface area (Å²) in [5.74, 6) is 2.15. The minimum absolute atomic E-state index is 0.289. The molecule has 0 aromatic heterocycles. The third kappa shape index (κ3) is 4.79. The van der Waals surface area contributed by atoms with Gasteiger partial charge in [-0.3, -0.25) is 0 Å². The first-order valence-corrected chi connectivity index (χ1v) is 8.41. The number of hydrogen-bond donors (Lipinski definition) is 2. The average molecular weight is 342 g/mol. The van der Waals surface area contributed by atoms with Crippen LogP contribution in [0.5, 0.6) is 17.2 Å². The molecule has 1 heterocycles. The van der Waals surface area contributed by atoms with Crippen LogP contribution in [0.25, 0.3) is 0 Å². The lowest BCUT2D eigenvalue weighted by molar-refractivity contribution is 0.171. The third-order valence-corrected chi connectivity index (χ3v) is 3.76. The van der Waals surface area contributed by atoms with E-state index in [1.165, 1.54) is 5.56 Å². The van der Waals surface area contributed by atoms with Crippen LogP contribution in [-0.2, 0) is 6.42 Å². The summed E-state index contributed by atoms with van der Waals surface area (Å²) >= 11 is 0. The van der Waals surface area contributed by atoms with Gasteiger partial charge in [-0.05, 0) is 36.2 Å². The third-order valence-electron chi connectivity index (χ3n) is 3.76. The second-order valence-electron chi connectivity index (χ2n) is 5.59. The summed E-state index contributed by atoms with van der Waals surface area (Å²) in [7, 11) is 0. The van der Waals surface area contributed by atoms with Gasteiger partial charge in [-0.1, -0.05) is 19.1 Å². The maximum absolute atomic E-state index is 11.9. The van der Waals surface area contributed by atoms with Crippen molar-refractivity contribution in [2.45, 2.75) is 13.3 Å². The summed E-state index contributed by atoms with van der Waals surface area (Å²) in [4.78, 5) is 11.9. The molecule has 132 valence electrons. The highest BCUT2D eigenvalue weighted by molar-refractivity contribution is 5.89. The number of aryl methyl sites for hydroxylation is 1. The van der Waals surface area contributed by atoms with Crippen LogP contribution in [-0.4, -0.2) is 32.4 Å². The molecule has 0 radical (unpaired) electrons. The van der Waals surface area contributed by atoms with Crippen LogP contribution in [0, 0.1) is 0 Å². The van der Waals surface area contributed by atoms with Crippen molar-refractivity contribution in [3.63, 3.8) is 0 Å². The van der Waals surface area contributed by atoms with Crippen LogP contribution in [0.3, 0.4) is 0 Å². The van der Waals surface area contributed by atoms with Crippen molar-refractivity contribution >= 4 is 11.7 Å². The Balaban J connectivity index is 1.42. The average Bonchev–Trinajstić information content (AvgIpc) is 2.65. The lowest BCUT2D eigenvalue weighted by Crippen LogP contribution is -2.32. The number of nitrogens with one attached hydrogen (secondary N) is 2. The molecule has 0 bridgehead atoms. The zero-order valence-electron chi connectivity index (χ0n) is 14.2. The number of ether oxygens (including phenoxy) is 3. The quantitative estimate of drug-likeness (QED) is 0.791. The fraction of sp³-hybridized carbons (Fsp3) is 0.316. The summed E-state index contributed by atoms with van der Waals surface area (Å²) in [6, 6.07) is 13.0. The van der Waals surface area contributed by atoms with Crippen LogP contribution in [0.2, 0.25) is 0 Å². The molecular weight excluding hydrogens is 320 g/mol. The van der Waals surface area contributed by atoms with Crippen LogP contribution in [0.4, 0.5) is 10.5 Å². The van der Waals surface area contributed by atoms with Gasteiger partial charge in [-0.15, -0.1) is 0 Å². The Morgan fingerprint density at radius 3 is 2.80 bits per heavy atom. The molecule has 0 spiro atoms. The minimum atomic E-state index is -0.289. The molecule has 0 unspecified atom stereocenters. The first kappa shape index (κ1) is 17.0. The molecule has 2 amide bonds. The molecule has 0 fully saturated rings. The fourth-order valence-corrected chi connectivity index (χ4v) is 2.49. The molecule has 6 heteroatoms. The highest BCUT2D eigenvalue weighted by Gasteiger charge is 2.12. The van der Waals surface area contributed by atoms with Crippen LogP contribution < -0.4 is 24.8 Å². The second-order valence-corrected chi connectivity index (χ2v) is 5.59. The fourth-order valence-electron chi connectivity index (χ4n) is 2.49. The van der Waals surface area contributed by atoms with Crippen molar-refractivity contribution in [1.82, 2.24) is 5.32 Å². The van der Waals surface area contributed by atoms with Gasteiger partial charge in [-0.25, -0.2) is 4.79 Å². The molecule has 1 aliphatic rings. The molecule has 0 saturated carbocycles. The summed E-state index contributed by atoms with van der Waals surface area (Å²) < 4.78 is 16.6. The summed E-state index contributed by atoms with van der Waals surface area (Å²) in [6.07, 6.45) is 0.966. The van der Waals surface area contributed by atoms with Gasteiger partial charge in [0.2, 0.25) is 0 Å². The molecule has 25 heavy (non-hydrogen) atoms. The number of amides is 2. The zero-order valence-corrected chi connectivity index (χ0v) is 14.2. The van der Waals surface area contributed by atoms with Gasteiger partial charge in [-0.2, -0.15) is 0 Å². The van der Waals surface area contributed by atoms with Crippen molar-refractivity contribution in [2.24, 2.45) is 0 Å². The number of urea groups is 1. The van der Waals surface area contributed by atoms with Crippen molar-refractivity contribution in [3.8, 4) is 17.2 Å². The first-order valence-electron chi connectivity index (χ1n) is 8.41. The van der Waals surface area contributed by atoms with E-state index in [9.17, 15) is 4.79 Å². The number of benzene rings is 2. The summed E-state index contributed by atoms with van der Waals surface area (Å²) in [5, 5.41) is 5.53. The van der Waals surface area contributed by atoms with Gasteiger partial charge in [0.25, 0.3) is 0 Å². The van der Waals surface area contributed by atoms with E-state index in [1.54, 1.807) is 18.2 Å². The molecule has 0 aliphatic carbocycles. The molecule has 0 atom stereocenters. The van der Waals surface area contributed by atoms with Crippen molar-refractivity contribution in [3.05, 3.63) is 48.0 Å².